The monoisotopic (exact) mass is 328 g/mol. The lowest BCUT2D eigenvalue weighted by molar-refractivity contribution is -0.138. The lowest BCUT2D eigenvalue weighted by atomic mass is 9.93. The summed E-state index contributed by atoms with van der Waals surface area (Å²) in [5.41, 5.74) is -0.282. The molecule has 0 unspecified atom stereocenters. The molecule has 0 radical (unpaired) electrons. The highest BCUT2D eigenvalue weighted by atomic mass is 19.4. The third kappa shape index (κ3) is 5.23. The number of hydrogen-bond acceptors (Lipinski definition) is 2. The van der Waals surface area contributed by atoms with Gasteiger partial charge in [0.05, 0.1) is 12.0 Å². The van der Waals surface area contributed by atoms with E-state index in [0.29, 0.717) is 24.6 Å². The van der Waals surface area contributed by atoms with Gasteiger partial charge in [0.2, 0.25) is 5.91 Å². The fraction of sp³-hybridized carbons (Fsp3) is 0.588. The smallest absolute Gasteiger partial charge is 0.342 e. The van der Waals surface area contributed by atoms with Crippen LogP contribution in [-0.4, -0.2) is 37.5 Å². The number of rotatable bonds is 5. The van der Waals surface area contributed by atoms with E-state index in [1.807, 2.05) is 7.05 Å². The predicted molar refractivity (Wildman–Crippen MR) is 83.0 cm³/mol. The summed E-state index contributed by atoms with van der Waals surface area (Å²) in [6.07, 6.45) is -1.30. The molecule has 1 aliphatic rings. The van der Waals surface area contributed by atoms with Gasteiger partial charge < -0.3 is 10.2 Å². The Balaban J connectivity index is 1.88. The number of likely N-dealkylation sites (tertiary alicyclic amines) is 1. The number of nitrogens with zero attached hydrogens (tertiary/aromatic N) is 1. The molecule has 23 heavy (non-hydrogen) atoms. The van der Waals surface area contributed by atoms with Gasteiger partial charge in [-0.15, -0.1) is 0 Å². The van der Waals surface area contributed by atoms with Gasteiger partial charge in [0, 0.05) is 13.1 Å². The van der Waals surface area contributed by atoms with Crippen LogP contribution in [-0.2, 0) is 17.4 Å². The number of carbonyl (C=O) groups excluding carboxylic acids is 1. The molecule has 1 amide bonds. The molecule has 1 fully saturated rings. The van der Waals surface area contributed by atoms with E-state index in [1.165, 1.54) is 6.07 Å². The van der Waals surface area contributed by atoms with Crippen molar-refractivity contribution in [2.45, 2.75) is 31.9 Å². The number of halogens is 3. The SMILES string of the molecule is CNCCC1CCN(C(=O)Cc2cccc(C(F)(F)F)c2)CC1. The largest absolute Gasteiger partial charge is 0.416 e. The first kappa shape index (κ1) is 17.8. The summed E-state index contributed by atoms with van der Waals surface area (Å²) in [5, 5.41) is 3.13. The summed E-state index contributed by atoms with van der Waals surface area (Å²) in [4.78, 5) is 14.1. The molecule has 0 aliphatic carbocycles. The van der Waals surface area contributed by atoms with Crippen molar-refractivity contribution in [3.05, 3.63) is 35.4 Å². The van der Waals surface area contributed by atoms with Gasteiger partial charge in [-0.1, -0.05) is 18.2 Å². The Kier molecular flexibility index (Phi) is 6.04. The second-order valence-electron chi connectivity index (χ2n) is 6.09. The van der Waals surface area contributed by atoms with E-state index < -0.39 is 11.7 Å². The van der Waals surface area contributed by atoms with Crippen molar-refractivity contribution in [3.8, 4) is 0 Å². The molecule has 0 spiro atoms. The average Bonchev–Trinajstić information content (AvgIpc) is 2.53. The quantitative estimate of drug-likeness (QED) is 0.901. The number of alkyl halides is 3. The molecular weight excluding hydrogens is 305 g/mol. The van der Waals surface area contributed by atoms with Gasteiger partial charge in [-0.2, -0.15) is 13.2 Å². The number of nitrogens with one attached hydrogen (secondary N) is 1. The van der Waals surface area contributed by atoms with Gasteiger partial charge in [-0.25, -0.2) is 0 Å². The normalized spacial score (nSPS) is 16.6. The van der Waals surface area contributed by atoms with Crippen LogP contribution in [0.25, 0.3) is 0 Å². The maximum absolute atomic E-state index is 12.7. The second kappa shape index (κ2) is 7.81. The number of amides is 1. The van der Waals surface area contributed by atoms with E-state index in [4.69, 9.17) is 0 Å². The van der Waals surface area contributed by atoms with Crippen LogP contribution in [0.2, 0.25) is 0 Å². The van der Waals surface area contributed by atoms with Crippen molar-refractivity contribution in [1.82, 2.24) is 10.2 Å². The van der Waals surface area contributed by atoms with Gasteiger partial charge >= 0.3 is 6.18 Å². The first-order chi connectivity index (χ1) is 10.9. The van der Waals surface area contributed by atoms with Gasteiger partial charge in [0.1, 0.15) is 0 Å². The van der Waals surface area contributed by atoms with Gasteiger partial charge in [0.15, 0.2) is 0 Å². The molecule has 1 aromatic carbocycles. The lowest BCUT2D eigenvalue weighted by Gasteiger charge is -2.32. The van der Waals surface area contributed by atoms with Crippen LogP contribution in [0.4, 0.5) is 13.2 Å². The van der Waals surface area contributed by atoms with Crippen molar-refractivity contribution in [3.63, 3.8) is 0 Å². The maximum Gasteiger partial charge on any atom is 0.416 e. The maximum atomic E-state index is 12.7. The molecule has 1 aliphatic heterocycles. The number of hydrogen-bond donors (Lipinski definition) is 1. The molecule has 0 saturated carbocycles. The zero-order chi connectivity index (χ0) is 16.9. The van der Waals surface area contributed by atoms with Crippen molar-refractivity contribution in [2.75, 3.05) is 26.7 Å². The highest BCUT2D eigenvalue weighted by molar-refractivity contribution is 5.78. The molecule has 0 aromatic heterocycles. The molecule has 2 rings (SSSR count). The molecule has 1 saturated heterocycles. The van der Waals surface area contributed by atoms with Crippen molar-refractivity contribution >= 4 is 5.91 Å². The van der Waals surface area contributed by atoms with E-state index in [-0.39, 0.29) is 12.3 Å². The number of piperidine rings is 1. The number of benzene rings is 1. The lowest BCUT2D eigenvalue weighted by Crippen LogP contribution is -2.39. The van der Waals surface area contributed by atoms with E-state index in [1.54, 1.807) is 11.0 Å². The topological polar surface area (TPSA) is 32.3 Å². The molecular formula is C17H23F3N2O. The van der Waals surface area contributed by atoms with Crippen LogP contribution in [0.5, 0.6) is 0 Å². The molecule has 3 nitrogen and oxygen atoms in total. The minimum absolute atomic E-state index is 0.0328. The molecule has 1 N–H and O–H groups in total. The van der Waals surface area contributed by atoms with Crippen LogP contribution in [0.1, 0.15) is 30.4 Å². The first-order valence-electron chi connectivity index (χ1n) is 7.98. The number of carbonyl (C=O) groups is 1. The fourth-order valence-electron chi connectivity index (χ4n) is 2.96. The van der Waals surface area contributed by atoms with Crippen molar-refractivity contribution in [2.24, 2.45) is 5.92 Å². The summed E-state index contributed by atoms with van der Waals surface area (Å²) in [6.45, 7) is 2.38. The van der Waals surface area contributed by atoms with Crippen LogP contribution in [0.3, 0.4) is 0 Å². The summed E-state index contributed by atoms with van der Waals surface area (Å²) >= 11 is 0. The molecule has 0 atom stereocenters. The minimum Gasteiger partial charge on any atom is -0.342 e. The van der Waals surface area contributed by atoms with Gasteiger partial charge in [-0.3, -0.25) is 4.79 Å². The Morgan fingerprint density at radius 1 is 1.30 bits per heavy atom. The van der Waals surface area contributed by atoms with Crippen LogP contribution < -0.4 is 5.32 Å². The van der Waals surface area contributed by atoms with Gasteiger partial charge in [0.25, 0.3) is 0 Å². The Morgan fingerprint density at radius 3 is 2.61 bits per heavy atom. The highest BCUT2D eigenvalue weighted by Gasteiger charge is 2.30. The molecule has 1 aromatic rings. The summed E-state index contributed by atoms with van der Waals surface area (Å²) in [6, 6.07) is 5.03. The van der Waals surface area contributed by atoms with E-state index in [2.05, 4.69) is 5.32 Å². The van der Waals surface area contributed by atoms with Crippen molar-refractivity contribution in [1.29, 1.82) is 0 Å². The first-order valence-corrected chi connectivity index (χ1v) is 7.98. The summed E-state index contributed by atoms with van der Waals surface area (Å²) < 4.78 is 38.1. The third-order valence-corrected chi connectivity index (χ3v) is 4.38. The predicted octanol–water partition coefficient (Wildman–Crippen LogP) is 3.10. The summed E-state index contributed by atoms with van der Waals surface area (Å²) in [7, 11) is 1.92. The molecule has 1 heterocycles. The Bertz CT molecular complexity index is 523. The van der Waals surface area contributed by atoms with Crippen molar-refractivity contribution < 1.29 is 18.0 Å². The molecule has 0 bridgehead atoms. The van der Waals surface area contributed by atoms with E-state index in [0.717, 1.165) is 37.9 Å². The van der Waals surface area contributed by atoms with Crippen LogP contribution >= 0.6 is 0 Å². The Hall–Kier alpha value is -1.56. The van der Waals surface area contributed by atoms with E-state index >= 15 is 0 Å². The minimum atomic E-state index is -4.37. The second-order valence-corrected chi connectivity index (χ2v) is 6.09. The van der Waals surface area contributed by atoms with Crippen LogP contribution in [0.15, 0.2) is 24.3 Å². The standard InChI is InChI=1S/C17H23F3N2O/c1-21-8-5-13-6-9-22(10-7-13)16(23)12-14-3-2-4-15(11-14)17(18,19)20/h2-4,11,13,21H,5-10,12H2,1H3. The average molecular weight is 328 g/mol. The van der Waals surface area contributed by atoms with E-state index in [9.17, 15) is 18.0 Å². The molecule has 6 heteroatoms. The Morgan fingerprint density at radius 2 is 2.00 bits per heavy atom. The third-order valence-electron chi connectivity index (χ3n) is 4.38. The molecule has 128 valence electrons. The zero-order valence-corrected chi connectivity index (χ0v) is 13.3. The van der Waals surface area contributed by atoms with Crippen LogP contribution in [0, 0.1) is 5.92 Å². The highest BCUT2D eigenvalue weighted by Crippen LogP contribution is 2.29. The Labute approximate surface area is 134 Å². The zero-order valence-electron chi connectivity index (χ0n) is 13.3. The van der Waals surface area contributed by atoms with Gasteiger partial charge in [-0.05, 0) is 50.4 Å². The summed E-state index contributed by atoms with van der Waals surface area (Å²) in [5.74, 6) is 0.538. The fourth-order valence-corrected chi connectivity index (χ4v) is 2.96.